The quantitative estimate of drug-likeness (QED) is 0.590. The van der Waals surface area contributed by atoms with E-state index < -0.39 is 4.92 Å². The highest BCUT2D eigenvalue weighted by Gasteiger charge is 2.36. The molecule has 7 nitrogen and oxygen atoms in total. The zero-order valence-corrected chi connectivity index (χ0v) is 15.8. The van der Waals surface area contributed by atoms with E-state index in [9.17, 15) is 15.2 Å². The van der Waals surface area contributed by atoms with Gasteiger partial charge in [-0.2, -0.15) is 0 Å². The molecule has 142 valence electrons. The minimum atomic E-state index is -0.430. The first kappa shape index (κ1) is 21.8. The molecule has 1 aromatic rings. The van der Waals surface area contributed by atoms with Gasteiger partial charge in [0.2, 0.25) is 0 Å². The van der Waals surface area contributed by atoms with E-state index in [1.165, 1.54) is 25.7 Å². The van der Waals surface area contributed by atoms with Crippen LogP contribution < -0.4 is 10.1 Å². The number of hydrogen-bond acceptors (Lipinski definition) is 6. The van der Waals surface area contributed by atoms with Gasteiger partial charge in [-0.3, -0.25) is 15.0 Å². The number of phenolic OH excluding ortho intramolecular Hbond substituents is 1. The van der Waals surface area contributed by atoms with Crippen LogP contribution in [0.2, 0.25) is 0 Å². The van der Waals surface area contributed by atoms with Gasteiger partial charge in [0, 0.05) is 43.9 Å². The van der Waals surface area contributed by atoms with Crippen LogP contribution >= 0.6 is 24.8 Å². The topological polar surface area (TPSA) is 87.9 Å². The van der Waals surface area contributed by atoms with E-state index in [0.717, 1.165) is 39.0 Å². The van der Waals surface area contributed by atoms with Crippen molar-refractivity contribution in [2.75, 3.05) is 33.3 Å². The molecule has 9 heteroatoms. The van der Waals surface area contributed by atoms with Crippen molar-refractivity contribution in [3.05, 3.63) is 27.8 Å². The zero-order valence-electron chi connectivity index (χ0n) is 14.1. The van der Waals surface area contributed by atoms with Crippen LogP contribution in [0, 0.1) is 16.0 Å². The Hall–Kier alpha value is -1.28. The summed E-state index contributed by atoms with van der Waals surface area (Å²) in [5.74, 6) is 0.646. The highest BCUT2D eigenvalue weighted by molar-refractivity contribution is 5.85. The van der Waals surface area contributed by atoms with Gasteiger partial charge in [-0.15, -0.1) is 24.8 Å². The first-order chi connectivity index (χ1) is 11.1. The number of nitro benzene ring substituents is 1. The highest BCUT2D eigenvalue weighted by Crippen LogP contribution is 2.47. The predicted molar refractivity (Wildman–Crippen MR) is 100 cm³/mol. The van der Waals surface area contributed by atoms with Crippen LogP contribution in [0.15, 0.2) is 12.1 Å². The van der Waals surface area contributed by atoms with Crippen LogP contribution in [-0.4, -0.2) is 48.2 Å². The lowest BCUT2D eigenvalue weighted by Gasteiger charge is -2.43. The average Bonchev–Trinajstić information content (AvgIpc) is 2.52. The zero-order chi connectivity index (χ0) is 16.4. The molecule has 1 heterocycles. The van der Waals surface area contributed by atoms with Crippen molar-refractivity contribution >= 4 is 30.5 Å². The van der Waals surface area contributed by atoms with Gasteiger partial charge in [-0.1, -0.05) is 6.42 Å². The minimum absolute atomic E-state index is 0. The minimum Gasteiger partial charge on any atom is -0.504 e. The largest absolute Gasteiger partial charge is 0.504 e. The lowest BCUT2D eigenvalue weighted by atomic mass is 9.76. The Morgan fingerprint density at radius 2 is 1.96 bits per heavy atom. The van der Waals surface area contributed by atoms with Gasteiger partial charge < -0.3 is 15.2 Å². The van der Waals surface area contributed by atoms with E-state index in [2.05, 4.69) is 10.2 Å². The summed E-state index contributed by atoms with van der Waals surface area (Å²) in [6, 6.07) is 2.82. The number of piperazine rings is 1. The molecule has 0 unspecified atom stereocenters. The van der Waals surface area contributed by atoms with Crippen LogP contribution in [0.5, 0.6) is 11.5 Å². The van der Waals surface area contributed by atoms with Gasteiger partial charge in [0.15, 0.2) is 11.5 Å². The van der Waals surface area contributed by atoms with Crippen molar-refractivity contribution in [1.82, 2.24) is 10.2 Å². The molecule has 2 N–H and O–H groups in total. The van der Waals surface area contributed by atoms with Crippen molar-refractivity contribution in [1.29, 1.82) is 0 Å². The number of methoxy groups -OCH3 is 1. The van der Waals surface area contributed by atoms with Crippen molar-refractivity contribution in [3.63, 3.8) is 0 Å². The van der Waals surface area contributed by atoms with Crippen LogP contribution in [0.25, 0.3) is 0 Å². The molecule has 0 bridgehead atoms. The van der Waals surface area contributed by atoms with Gasteiger partial charge in [0.1, 0.15) is 0 Å². The molecule has 1 saturated heterocycles. The normalized spacial score (nSPS) is 19.1. The third kappa shape index (κ3) is 4.47. The monoisotopic (exact) mass is 393 g/mol. The third-order valence-corrected chi connectivity index (χ3v) is 4.98. The fourth-order valence-electron chi connectivity index (χ4n) is 3.57. The summed E-state index contributed by atoms with van der Waals surface area (Å²) in [5, 5.41) is 25.1. The van der Waals surface area contributed by atoms with E-state index in [4.69, 9.17) is 4.74 Å². The van der Waals surface area contributed by atoms with E-state index in [1.54, 1.807) is 0 Å². The van der Waals surface area contributed by atoms with Gasteiger partial charge >= 0.3 is 0 Å². The lowest BCUT2D eigenvalue weighted by Crippen LogP contribution is -2.47. The summed E-state index contributed by atoms with van der Waals surface area (Å²) in [4.78, 5) is 13.1. The first-order valence-electron chi connectivity index (χ1n) is 8.12. The molecule has 1 aromatic carbocycles. The highest BCUT2D eigenvalue weighted by atomic mass is 35.5. The van der Waals surface area contributed by atoms with E-state index in [-0.39, 0.29) is 48.0 Å². The molecule has 3 rings (SSSR count). The molecule has 0 spiro atoms. The number of nitro groups is 1. The number of phenols is 1. The number of ether oxygens (including phenoxy) is 1. The Balaban J connectivity index is 0.00000156. The summed E-state index contributed by atoms with van der Waals surface area (Å²) in [5.41, 5.74) is 0.594. The fraction of sp³-hybridized carbons (Fsp3) is 0.625. The Kier molecular flexibility index (Phi) is 8.21. The lowest BCUT2D eigenvalue weighted by molar-refractivity contribution is -0.385. The predicted octanol–water partition coefficient (Wildman–Crippen LogP) is 2.90. The first-order valence-corrected chi connectivity index (χ1v) is 8.12. The van der Waals surface area contributed by atoms with E-state index in [1.807, 2.05) is 0 Å². The number of aromatic hydroxyl groups is 1. The molecule has 1 saturated carbocycles. The Bertz CT molecular complexity index is 593. The van der Waals surface area contributed by atoms with Crippen LogP contribution in [0.1, 0.15) is 30.9 Å². The summed E-state index contributed by atoms with van der Waals surface area (Å²) in [6.07, 6.45) is 3.37. The number of rotatable bonds is 5. The number of nitrogens with zero attached hydrogens (tertiary/aromatic N) is 2. The second-order valence-electron chi connectivity index (χ2n) is 6.26. The summed E-state index contributed by atoms with van der Waals surface area (Å²) in [7, 11) is 1.42. The summed E-state index contributed by atoms with van der Waals surface area (Å²) < 4.78 is 5.16. The number of hydrogen-bond donors (Lipinski definition) is 2. The number of non-ortho nitro benzene ring substituents is 1. The van der Waals surface area contributed by atoms with Gasteiger partial charge in [0.25, 0.3) is 5.69 Å². The molecule has 0 radical (unpaired) electrons. The van der Waals surface area contributed by atoms with Gasteiger partial charge in [-0.25, -0.2) is 0 Å². The summed E-state index contributed by atoms with van der Waals surface area (Å²) >= 11 is 0. The molecule has 1 aliphatic carbocycles. The van der Waals surface area contributed by atoms with Crippen molar-refractivity contribution in [3.8, 4) is 11.5 Å². The Labute approximate surface area is 159 Å². The standard InChI is InChI=1S/C16H23N3O4.2ClH/c1-23-14-10-12(19(21)22)9-13(16(14)20)15(11-3-2-4-11)18-7-5-17-6-8-18;;/h9-11,15,17,20H,2-8H2,1H3;2*1H/t15-;;/m1../s1. The molecule has 1 atom stereocenters. The smallest absolute Gasteiger partial charge is 0.273 e. The van der Waals surface area contributed by atoms with Crippen LogP contribution in [0.4, 0.5) is 5.69 Å². The van der Waals surface area contributed by atoms with E-state index >= 15 is 0 Å². The maximum atomic E-state index is 11.2. The number of benzene rings is 1. The SMILES string of the molecule is COc1cc([N+](=O)[O-])cc([C@@H](C2CCC2)N2CCNCC2)c1O.Cl.Cl. The molecule has 2 aliphatic rings. The van der Waals surface area contributed by atoms with E-state index in [0.29, 0.717) is 11.5 Å². The third-order valence-electron chi connectivity index (χ3n) is 4.98. The second kappa shape index (κ2) is 9.43. The van der Waals surface area contributed by atoms with Crippen molar-refractivity contribution in [2.24, 2.45) is 5.92 Å². The van der Waals surface area contributed by atoms with Gasteiger partial charge in [-0.05, 0) is 18.8 Å². The second-order valence-corrected chi connectivity index (χ2v) is 6.26. The summed E-state index contributed by atoms with van der Waals surface area (Å²) in [6.45, 7) is 3.56. The Morgan fingerprint density at radius 3 is 2.44 bits per heavy atom. The molecule has 0 aromatic heterocycles. The molecule has 25 heavy (non-hydrogen) atoms. The van der Waals surface area contributed by atoms with Crippen LogP contribution in [-0.2, 0) is 0 Å². The van der Waals surface area contributed by atoms with Crippen molar-refractivity contribution < 1.29 is 14.8 Å². The maximum Gasteiger partial charge on any atom is 0.273 e. The number of nitrogens with one attached hydrogen (secondary N) is 1. The molecular formula is C16H25Cl2N3O4. The van der Waals surface area contributed by atoms with Crippen LogP contribution in [0.3, 0.4) is 0 Å². The number of halogens is 2. The molecule has 1 aliphatic heterocycles. The van der Waals surface area contributed by atoms with Gasteiger partial charge in [0.05, 0.1) is 18.1 Å². The maximum absolute atomic E-state index is 11.2. The molecule has 2 fully saturated rings. The van der Waals surface area contributed by atoms with Crippen molar-refractivity contribution in [2.45, 2.75) is 25.3 Å². The average molecular weight is 394 g/mol. The molecular weight excluding hydrogens is 369 g/mol. The fourth-order valence-corrected chi connectivity index (χ4v) is 3.57. The Morgan fingerprint density at radius 1 is 1.32 bits per heavy atom. The molecule has 0 amide bonds.